The van der Waals surface area contributed by atoms with Gasteiger partial charge in [0.05, 0.1) is 19.3 Å². The number of nitrogens with one attached hydrogen (secondary N) is 1. The first-order valence-electron chi connectivity index (χ1n) is 6.28. The third-order valence-corrected chi connectivity index (χ3v) is 2.36. The van der Waals surface area contributed by atoms with Gasteiger partial charge >= 0.3 is 6.18 Å². The molecule has 3 nitrogen and oxygen atoms in total. The van der Waals surface area contributed by atoms with E-state index >= 15 is 0 Å². The average molecular weight is 279 g/mol. The standard InChI is InChI=1S/C13H20F3NO2/c1-10(2)6-17-7-11-5-12(19-8-11)9-18-4-3-13(14,15)16/h5,8,10,17H,3-4,6-7,9H2,1-2H3. The van der Waals surface area contributed by atoms with E-state index in [2.05, 4.69) is 19.2 Å². The Kier molecular flexibility index (Phi) is 6.37. The highest BCUT2D eigenvalue weighted by Crippen LogP contribution is 2.19. The van der Waals surface area contributed by atoms with E-state index in [1.54, 1.807) is 12.3 Å². The predicted octanol–water partition coefficient (Wildman–Crippen LogP) is 3.49. The molecule has 1 aromatic heterocycles. The molecule has 0 saturated carbocycles. The van der Waals surface area contributed by atoms with Gasteiger partial charge < -0.3 is 14.5 Å². The molecule has 1 rings (SSSR count). The van der Waals surface area contributed by atoms with Gasteiger partial charge in [-0.1, -0.05) is 13.8 Å². The minimum Gasteiger partial charge on any atom is -0.467 e. The lowest BCUT2D eigenvalue weighted by molar-refractivity contribution is -0.146. The third kappa shape index (κ3) is 7.89. The Labute approximate surface area is 111 Å². The lowest BCUT2D eigenvalue weighted by Gasteiger charge is -2.05. The van der Waals surface area contributed by atoms with E-state index in [-0.39, 0.29) is 13.2 Å². The fraction of sp³-hybridized carbons (Fsp3) is 0.692. The third-order valence-electron chi connectivity index (χ3n) is 2.36. The zero-order chi connectivity index (χ0) is 14.3. The highest BCUT2D eigenvalue weighted by molar-refractivity contribution is 5.11. The summed E-state index contributed by atoms with van der Waals surface area (Å²) in [4.78, 5) is 0. The molecule has 110 valence electrons. The highest BCUT2D eigenvalue weighted by atomic mass is 19.4. The first-order valence-corrected chi connectivity index (χ1v) is 6.28. The molecule has 0 fully saturated rings. The number of ether oxygens (including phenoxy) is 1. The van der Waals surface area contributed by atoms with E-state index < -0.39 is 12.6 Å². The fourth-order valence-corrected chi connectivity index (χ4v) is 1.46. The van der Waals surface area contributed by atoms with Crippen LogP contribution in [0.1, 0.15) is 31.6 Å². The molecule has 1 N–H and O–H groups in total. The normalized spacial score (nSPS) is 12.3. The quantitative estimate of drug-likeness (QED) is 0.740. The smallest absolute Gasteiger partial charge is 0.391 e. The second kappa shape index (κ2) is 7.55. The van der Waals surface area contributed by atoms with Crippen molar-refractivity contribution in [2.45, 2.75) is 39.6 Å². The Morgan fingerprint density at radius 1 is 1.37 bits per heavy atom. The molecular formula is C13H20F3NO2. The van der Waals surface area contributed by atoms with Gasteiger partial charge in [0.1, 0.15) is 12.4 Å². The van der Waals surface area contributed by atoms with E-state index in [4.69, 9.17) is 9.15 Å². The number of hydrogen-bond acceptors (Lipinski definition) is 3. The molecule has 19 heavy (non-hydrogen) atoms. The Morgan fingerprint density at radius 3 is 2.74 bits per heavy atom. The second-order valence-electron chi connectivity index (χ2n) is 4.86. The van der Waals surface area contributed by atoms with Crippen LogP contribution in [0.5, 0.6) is 0 Å². The van der Waals surface area contributed by atoms with Crippen LogP contribution in [0.3, 0.4) is 0 Å². The molecule has 0 amide bonds. The summed E-state index contributed by atoms with van der Waals surface area (Å²) in [6.45, 7) is 5.54. The van der Waals surface area contributed by atoms with E-state index in [0.717, 1.165) is 12.1 Å². The molecule has 0 unspecified atom stereocenters. The maximum absolute atomic E-state index is 11.9. The van der Waals surface area contributed by atoms with Crippen LogP contribution in [-0.2, 0) is 17.9 Å². The highest BCUT2D eigenvalue weighted by Gasteiger charge is 2.26. The number of alkyl halides is 3. The van der Waals surface area contributed by atoms with Gasteiger partial charge in [0, 0.05) is 12.1 Å². The summed E-state index contributed by atoms with van der Waals surface area (Å²) in [5.41, 5.74) is 0.968. The Balaban J connectivity index is 2.19. The molecule has 0 saturated heterocycles. The van der Waals surface area contributed by atoms with Crippen LogP contribution >= 0.6 is 0 Å². The molecule has 0 radical (unpaired) electrons. The van der Waals surface area contributed by atoms with Crippen LogP contribution in [0.25, 0.3) is 0 Å². The summed E-state index contributed by atoms with van der Waals surface area (Å²) in [6.07, 6.45) is -3.51. The molecule has 0 aliphatic heterocycles. The van der Waals surface area contributed by atoms with Crippen molar-refractivity contribution < 1.29 is 22.3 Å². The van der Waals surface area contributed by atoms with Crippen molar-refractivity contribution in [2.24, 2.45) is 5.92 Å². The molecule has 0 aromatic carbocycles. The predicted molar refractivity (Wildman–Crippen MR) is 65.6 cm³/mol. The van der Waals surface area contributed by atoms with Gasteiger partial charge in [0.15, 0.2) is 0 Å². The maximum Gasteiger partial charge on any atom is 0.391 e. The number of rotatable bonds is 8. The van der Waals surface area contributed by atoms with E-state index in [0.29, 0.717) is 18.2 Å². The Bertz CT molecular complexity index is 361. The van der Waals surface area contributed by atoms with Crippen LogP contribution in [0.15, 0.2) is 16.7 Å². The van der Waals surface area contributed by atoms with E-state index in [9.17, 15) is 13.2 Å². The summed E-state index contributed by atoms with van der Waals surface area (Å²) in [5.74, 6) is 1.11. The molecular weight excluding hydrogens is 259 g/mol. The number of furan rings is 1. The zero-order valence-corrected chi connectivity index (χ0v) is 11.2. The summed E-state index contributed by atoms with van der Waals surface area (Å²) < 4.78 is 45.8. The molecule has 0 atom stereocenters. The Morgan fingerprint density at radius 2 is 2.11 bits per heavy atom. The minimum atomic E-state index is -4.17. The van der Waals surface area contributed by atoms with Crippen LogP contribution < -0.4 is 5.32 Å². The van der Waals surface area contributed by atoms with Crippen LogP contribution in [0, 0.1) is 5.92 Å². The van der Waals surface area contributed by atoms with Crippen molar-refractivity contribution in [1.29, 1.82) is 0 Å². The largest absolute Gasteiger partial charge is 0.467 e. The van der Waals surface area contributed by atoms with Gasteiger partial charge in [-0.15, -0.1) is 0 Å². The topological polar surface area (TPSA) is 34.4 Å². The van der Waals surface area contributed by atoms with Gasteiger partial charge in [0.2, 0.25) is 0 Å². The summed E-state index contributed by atoms with van der Waals surface area (Å²) >= 11 is 0. The van der Waals surface area contributed by atoms with Crippen LogP contribution in [0.4, 0.5) is 13.2 Å². The first kappa shape index (κ1) is 16.0. The SMILES string of the molecule is CC(C)CNCc1coc(COCCC(F)(F)F)c1. The summed E-state index contributed by atoms with van der Waals surface area (Å²) in [6, 6.07) is 1.79. The maximum atomic E-state index is 11.9. The van der Waals surface area contributed by atoms with Gasteiger partial charge in [-0.25, -0.2) is 0 Å². The van der Waals surface area contributed by atoms with Crippen molar-refractivity contribution in [1.82, 2.24) is 5.32 Å². The fourth-order valence-electron chi connectivity index (χ4n) is 1.46. The van der Waals surface area contributed by atoms with Crippen molar-refractivity contribution >= 4 is 0 Å². The second-order valence-corrected chi connectivity index (χ2v) is 4.86. The van der Waals surface area contributed by atoms with Crippen molar-refractivity contribution in [3.05, 3.63) is 23.7 Å². The lowest BCUT2D eigenvalue weighted by Crippen LogP contribution is -2.18. The first-order chi connectivity index (χ1) is 8.87. The monoisotopic (exact) mass is 279 g/mol. The van der Waals surface area contributed by atoms with Crippen molar-refractivity contribution in [2.75, 3.05) is 13.2 Å². The molecule has 0 bridgehead atoms. The van der Waals surface area contributed by atoms with Gasteiger partial charge in [-0.2, -0.15) is 13.2 Å². The van der Waals surface area contributed by atoms with Gasteiger partial charge in [-0.3, -0.25) is 0 Å². The van der Waals surface area contributed by atoms with Crippen LogP contribution in [-0.4, -0.2) is 19.3 Å². The van der Waals surface area contributed by atoms with Crippen molar-refractivity contribution in [3.63, 3.8) is 0 Å². The molecule has 0 spiro atoms. The zero-order valence-electron chi connectivity index (χ0n) is 11.2. The molecule has 1 aromatic rings. The number of halogens is 3. The van der Waals surface area contributed by atoms with Crippen molar-refractivity contribution in [3.8, 4) is 0 Å². The van der Waals surface area contributed by atoms with E-state index in [1.807, 2.05) is 0 Å². The average Bonchev–Trinajstić information content (AvgIpc) is 2.71. The summed E-state index contributed by atoms with van der Waals surface area (Å²) in [7, 11) is 0. The van der Waals surface area contributed by atoms with E-state index in [1.165, 1.54) is 0 Å². The molecule has 0 aliphatic carbocycles. The Hall–Kier alpha value is -1.01. The molecule has 0 aliphatic rings. The lowest BCUT2D eigenvalue weighted by atomic mass is 10.2. The van der Waals surface area contributed by atoms with Crippen LogP contribution in [0.2, 0.25) is 0 Å². The molecule has 1 heterocycles. The summed E-state index contributed by atoms with van der Waals surface area (Å²) in [5, 5.41) is 3.25. The molecule has 6 heteroatoms. The van der Waals surface area contributed by atoms with Gasteiger partial charge in [0.25, 0.3) is 0 Å². The number of hydrogen-bond donors (Lipinski definition) is 1. The van der Waals surface area contributed by atoms with Gasteiger partial charge in [-0.05, 0) is 18.5 Å². The minimum absolute atomic E-state index is 0.0697.